The van der Waals surface area contributed by atoms with Gasteiger partial charge < -0.3 is 0 Å². The molecule has 1 atom stereocenters. The van der Waals surface area contributed by atoms with Gasteiger partial charge in [-0.2, -0.15) is 9.40 Å². The molecule has 2 heterocycles. The van der Waals surface area contributed by atoms with Crippen LogP contribution in [-0.4, -0.2) is 29.5 Å². The van der Waals surface area contributed by atoms with Crippen LogP contribution in [0.4, 0.5) is 0 Å². The van der Waals surface area contributed by atoms with E-state index >= 15 is 0 Å². The van der Waals surface area contributed by atoms with Crippen LogP contribution in [0.3, 0.4) is 0 Å². The van der Waals surface area contributed by atoms with Gasteiger partial charge in [0.2, 0.25) is 10.0 Å². The fourth-order valence-electron chi connectivity index (χ4n) is 2.90. The highest BCUT2D eigenvalue weighted by molar-refractivity contribution is 7.89. The van der Waals surface area contributed by atoms with Crippen LogP contribution in [0.1, 0.15) is 35.7 Å². The standard InChI is InChI=1S/C15H19N3O2S/c1-11-5-6-12(2)15(10-11)21(19,20)18-9-3-4-14(18)13-7-8-16-17-13/h5-8,10,14H,3-4,9H2,1-2H3,(H,16,17)/t14-/m0/s1. The number of benzene rings is 1. The molecule has 0 unspecified atom stereocenters. The van der Waals surface area contributed by atoms with Gasteiger partial charge in [-0.1, -0.05) is 12.1 Å². The molecule has 1 fully saturated rings. The van der Waals surface area contributed by atoms with E-state index in [1.807, 2.05) is 32.0 Å². The van der Waals surface area contributed by atoms with Gasteiger partial charge in [-0.25, -0.2) is 8.42 Å². The zero-order valence-corrected chi connectivity index (χ0v) is 13.0. The van der Waals surface area contributed by atoms with E-state index in [0.29, 0.717) is 11.4 Å². The number of aromatic amines is 1. The summed E-state index contributed by atoms with van der Waals surface area (Å²) in [5.74, 6) is 0. The Bertz CT molecular complexity index is 738. The number of nitrogens with zero attached hydrogens (tertiary/aromatic N) is 2. The van der Waals surface area contributed by atoms with E-state index in [4.69, 9.17) is 0 Å². The zero-order chi connectivity index (χ0) is 15.0. The molecule has 1 saturated heterocycles. The number of aryl methyl sites for hydroxylation is 2. The Kier molecular flexibility index (Phi) is 3.59. The summed E-state index contributed by atoms with van der Waals surface area (Å²) in [6.45, 7) is 4.31. The monoisotopic (exact) mass is 305 g/mol. The molecule has 112 valence electrons. The summed E-state index contributed by atoms with van der Waals surface area (Å²) >= 11 is 0. The molecule has 0 aliphatic carbocycles. The highest BCUT2D eigenvalue weighted by atomic mass is 32.2. The van der Waals surface area contributed by atoms with Crippen molar-refractivity contribution in [2.45, 2.75) is 37.6 Å². The molecule has 5 nitrogen and oxygen atoms in total. The van der Waals surface area contributed by atoms with Gasteiger partial charge in [-0.3, -0.25) is 5.10 Å². The van der Waals surface area contributed by atoms with E-state index in [0.717, 1.165) is 29.7 Å². The van der Waals surface area contributed by atoms with E-state index in [1.54, 1.807) is 16.6 Å². The number of hydrogen-bond donors (Lipinski definition) is 1. The first-order valence-corrected chi connectivity index (χ1v) is 8.52. The van der Waals surface area contributed by atoms with E-state index in [-0.39, 0.29) is 6.04 Å². The minimum absolute atomic E-state index is 0.141. The Morgan fingerprint density at radius 1 is 1.29 bits per heavy atom. The second-order valence-corrected chi connectivity index (χ2v) is 7.41. The van der Waals surface area contributed by atoms with Gasteiger partial charge in [0.1, 0.15) is 0 Å². The Hall–Kier alpha value is -1.66. The summed E-state index contributed by atoms with van der Waals surface area (Å²) in [4.78, 5) is 0.411. The normalized spacial score (nSPS) is 20.0. The predicted molar refractivity (Wildman–Crippen MR) is 80.4 cm³/mol. The molecular weight excluding hydrogens is 286 g/mol. The number of H-pyrrole nitrogens is 1. The van der Waals surface area contributed by atoms with Gasteiger partial charge in [0, 0.05) is 12.7 Å². The maximum atomic E-state index is 13.0. The van der Waals surface area contributed by atoms with E-state index in [1.165, 1.54) is 0 Å². The van der Waals surface area contributed by atoms with E-state index in [2.05, 4.69) is 10.2 Å². The zero-order valence-electron chi connectivity index (χ0n) is 12.2. The van der Waals surface area contributed by atoms with Crippen molar-refractivity contribution in [3.05, 3.63) is 47.3 Å². The lowest BCUT2D eigenvalue weighted by Crippen LogP contribution is -2.31. The summed E-state index contributed by atoms with van der Waals surface area (Å²) in [6.07, 6.45) is 3.36. The van der Waals surface area contributed by atoms with Crippen molar-refractivity contribution in [2.75, 3.05) is 6.54 Å². The van der Waals surface area contributed by atoms with Crippen molar-refractivity contribution in [3.8, 4) is 0 Å². The van der Waals surface area contributed by atoms with Crippen LogP contribution in [0.2, 0.25) is 0 Å². The minimum atomic E-state index is -3.48. The number of rotatable bonds is 3. The molecule has 3 rings (SSSR count). The topological polar surface area (TPSA) is 66.1 Å². The Morgan fingerprint density at radius 2 is 2.10 bits per heavy atom. The fourth-order valence-corrected chi connectivity index (χ4v) is 4.89. The van der Waals surface area contributed by atoms with E-state index in [9.17, 15) is 8.42 Å². The van der Waals surface area contributed by atoms with Crippen LogP contribution in [-0.2, 0) is 10.0 Å². The Balaban J connectivity index is 2.03. The molecule has 0 bridgehead atoms. The predicted octanol–water partition coefficient (Wildman–Crippen LogP) is 2.55. The average Bonchev–Trinajstić information content (AvgIpc) is 3.10. The molecule has 6 heteroatoms. The Morgan fingerprint density at radius 3 is 2.81 bits per heavy atom. The first-order chi connectivity index (χ1) is 10.00. The summed E-state index contributed by atoms with van der Waals surface area (Å²) in [7, 11) is -3.48. The van der Waals surface area contributed by atoms with Crippen molar-refractivity contribution >= 4 is 10.0 Å². The van der Waals surface area contributed by atoms with Crippen LogP contribution < -0.4 is 0 Å². The largest absolute Gasteiger partial charge is 0.281 e. The summed E-state index contributed by atoms with van der Waals surface area (Å²) in [6, 6.07) is 7.26. The van der Waals surface area contributed by atoms with Gasteiger partial charge in [0.05, 0.1) is 16.6 Å². The van der Waals surface area contributed by atoms with Gasteiger partial charge >= 0.3 is 0 Å². The molecule has 0 saturated carbocycles. The van der Waals surface area contributed by atoms with Crippen LogP contribution in [0.25, 0.3) is 0 Å². The van der Waals surface area contributed by atoms with Crippen molar-refractivity contribution in [1.82, 2.24) is 14.5 Å². The summed E-state index contributed by atoms with van der Waals surface area (Å²) < 4.78 is 27.6. The lowest BCUT2D eigenvalue weighted by Gasteiger charge is -2.24. The highest BCUT2D eigenvalue weighted by Gasteiger charge is 2.37. The fraction of sp³-hybridized carbons (Fsp3) is 0.400. The average molecular weight is 305 g/mol. The van der Waals surface area contributed by atoms with Crippen molar-refractivity contribution in [2.24, 2.45) is 0 Å². The molecule has 0 amide bonds. The molecule has 1 aliphatic heterocycles. The van der Waals surface area contributed by atoms with Crippen LogP contribution in [0.15, 0.2) is 35.4 Å². The molecule has 2 aromatic rings. The maximum Gasteiger partial charge on any atom is 0.243 e. The highest BCUT2D eigenvalue weighted by Crippen LogP contribution is 2.36. The summed E-state index contributed by atoms with van der Waals surface area (Å²) in [5, 5.41) is 6.84. The SMILES string of the molecule is Cc1ccc(C)c(S(=O)(=O)N2CCC[C@H]2c2ccn[nH]2)c1. The van der Waals surface area contributed by atoms with Crippen LogP contribution >= 0.6 is 0 Å². The first-order valence-electron chi connectivity index (χ1n) is 7.08. The van der Waals surface area contributed by atoms with Crippen molar-refractivity contribution < 1.29 is 8.42 Å². The lowest BCUT2D eigenvalue weighted by atomic mass is 10.2. The minimum Gasteiger partial charge on any atom is -0.281 e. The number of sulfonamides is 1. The van der Waals surface area contributed by atoms with Gasteiger partial charge in [-0.15, -0.1) is 0 Å². The lowest BCUT2D eigenvalue weighted by molar-refractivity contribution is 0.390. The smallest absolute Gasteiger partial charge is 0.243 e. The van der Waals surface area contributed by atoms with E-state index < -0.39 is 10.0 Å². The van der Waals surface area contributed by atoms with Crippen molar-refractivity contribution in [1.29, 1.82) is 0 Å². The van der Waals surface area contributed by atoms with Gasteiger partial charge in [0.25, 0.3) is 0 Å². The quantitative estimate of drug-likeness (QED) is 0.947. The second kappa shape index (κ2) is 5.27. The molecule has 0 radical (unpaired) electrons. The van der Waals surface area contributed by atoms with Gasteiger partial charge in [-0.05, 0) is 49.9 Å². The molecule has 0 spiro atoms. The molecule has 1 aromatic heterocycles. The third-order valence-electron chi connectivity index (χ3n) is 4.02. The first kappa shape index (κ1) is 14.3. The molecular formula is C15H19N3O2S. The van der Waals surface area contributed by atoms with Crippen molar-refractivity contribution in [3.63, 3.8) is 0 Å². The van der Waals surface area contributed by atoms with Gasteiger partial charge in [0.15, 0.2) is 0 Å². The second-order valence-electron chi connectivity index (χ2n) is 5.55. The molecule has 21 heavy (non-hydrogen) atoms. The van der Waals surface area contributed by atoms with Crippen LogP contribution in [0.5, 0.6) is 0 Å². The molecule has 1 aromatic carbocycles. The third-order valence-corrected chi connectivity index (χ3v) is 6.07. The molecule has 1 N–H and O–H groups in total. The number of nitrogens with one attached hydrogen (secondary N) is 1. The Labute approximate surface area is 125 Å². The number of aromatic nitrogens is 2. The molecule has 1 aliphatic rings. The third kappa shape index (κ3) is 2.49. The number of hydrogen-bond acceptors (Lipinski definition) is 3. The van der Waals surface area contributed by atoms with Crippen LogP contribution in [0, 0.1) is 13.8 Å². The maximum absolute atomic E-state index is 13.0. The summed E-state index contributed by atoms with van der Waals surface area (Å²) in [5.41, 5.74) is 2.61.